The summed E-state index contributed by atoms with van der Waals surface area (Å²) in [6.07, 6.45) is 2.64. The van der Waals surface area contributed by atoms with E-state index in [1.807, 2.05) is 6.92 Å². The summed E-state index contributed by atoms with van der Waals surface area (Å²) in [5.74, 6) is -1.33. The van der Waals surface area contributed by atoms with E-state index in [-0.39, 0.29) is 30.3 Å². The summed E-state index contributed by atoms with van der Waals surface area (Å²) in [6.45, 7) is 1.89. The summed E-state index contributed by atoms with van der Waals surface area (Å²) >= 11 is 6.22. The average Bonchev–Trinajstić information content (AvgIpc) is 2.68. The van der Waals surface area contributed by atoms with E-state index < -0.39 is 5.92 Å². The molecule has 1 N–H and O–H groups in total. The molecule has 4 nitrogen and oxygen atoms in total. The van der Waals surface area contributed by atoms with Crippen LogP contribution in [-0.2, 0) is 14.4 Å². The molecule has 0 aliphatic heterocycles. The molecule has 0 heterocycles. The predicted molar refractivity (Wildman–Crippen MR) is 75.4 cm³/mol. The summed E-state index contributed by atoms with van der Waals surface area (Å²) in [7, 11) is 1.50. The molecule has 1 saturated carbocycles. The molecule has 0 aromatic rings. The first kappa shape index (κ1) is 15.0. The van der Waals surface area contributed by atoms with Crippen molar-refractivity contribution < 1.29 is 14.4 Å². The van der Waals surface area contributed by atoms with Gasteiger partial charge in [0, 0.05) is 19.9 Å². The number of carbonyl (C=O) groups excluding carboxylic acids is 3. The van der Waals surface area contributed by atoms with E-state index in [1.165, 1.54) is 13.1 Å². The van der Waals surface area contributed by atoms with Gasteiger partial charge in [0.1, 0.15) is 11.6 Å². The number of hydrogen-bond donors (Lipinski definition) is 1. The maximum absolute atomic E-state index is 11.7. The van der Waals surface area contributed by atoms with Crippen LogP contribution in [0.25, 0.3) is 0 Å². The van der Waals surface area contributed by atoms with E-state index in [1.54, 1.807) is 0 Å². The highest BCUT2D eigenvalue weighted by Crippen LogP contribution is 2.26. The minimum absolute atomic E-state index is 0.121. The van der Waals surface area contributed by atoms with Gasteiger partial charge in [0.2, 0.25) is 0 Å². The fourth-order valence-electron chi connectivity index (χ4n) is 1.55. The molecular formula is C12H15NO3S2. The number of carbonyl (C=O) groups is 3. The maximum Gasteiger partial charge on any atom is 0.257 e. The van der Waals surface area contributed by atoms with Gasteiger partial charge in [0.05, 0.1) is 15.0 Å². The molecule has 1 amide bonds. The van der Waals surface area contributed by atoms with E-state index >= 15 is 0 Å². The van der Waals surface area contributed by atoms with Crippen molar-refractivity contribution in [3.63, 3.8) is 0 Å². The van der Waals surface area contributed by atoms with Gasteiger partial charge in [-0.25, -0.2) is 0 Å². The monoisotopic (exact) mass is 285 g/mol. The van der Waals surface area contributed by atoms with Gasteiger partial charge in [-0.05, 0) is 12.5 Å². The molecule has 0 bridgehead atoms. The van der Waals surface area contributed by atoms with E-state index in [2.05, 4.69) is 5.32 Å². The van der Waals surface area contributed by atoms with Crippen molar-refractivity contribution in [1.82, 2.24) is 5.32 Å². The lowest BCUT2D eigenvalue weighted by Crippen LogP contribution is -2.21. The Morgan fingerprint density at radius 3 is 2.44 bits per heavy atom. The van der Waals surface area contributed by atoms with Crippen molar-refractivity contribution >= 4 is 45.7 Å². The molecule has 0 radical (unpaired) electrons. The summed E-state index contributed by atoms with van der Waals surface area (Å²) < 4.78 is 0.655. The Bertz CT molecular complexity index is 413. The van der Waals surface area contributed by atoms with Crippen LogP contribution in [0.4, 0.5) is 0 Å². The molecule has 1 aliphatic rings. The summed E-state index contributed by atoms with van der Waals surface area (Å²) in [5.41, 5.74) is 0. The van der Waals surface area contributed by atoms with E-state index in [4.69, 9.17) is 12.2 Å². The number of likely N-dealkylation sites (N-methyl/N-ethyl adjacent to an activating group) is 1. The number of Topliss-reactive ketones (excluding diaryl/α,β-unsaturated/α-hetero) is 2. The van der Waals surface area contributed by atoms with Crippen molar-refractivity contribution in [1.29, 1.82) is 0 Å². The molecule has 0 atom stereocenters. The molecule has 0 aromatic carbocycles. The molecule has 98 valence electrons. The highest BCUT2D eigenvalue weighted by molar-refractivity contribution is 8.26. The van der Waals surface area contributed by atoms with Crippen LogP contribution in [0.3, 0.4) is 0 Å². The van der Waals surface area contributed by atoms with E-state index in [9.17, 15) is 14.4 Å². The van der Waals surface area contributed by atoms with Crippen molar-refractivity contribution in [3.8, 4) is 0 Å². The molecule has 0 spiro atoms. The molecular weight excluding hydrogens is 270 g/mol. The van der Waals surface area contributed by atoms with Crippen LogP contribution >= 0.6 is 24.0 Å². The number of thioether (sulfide) groups is 1. The van der Waals surface area contributed by atoms with Crippen molar-refractivity contribution in [3.05, 3.63) is 11.0 Å². The Morgan fingerprint density at radius 1 is 1.44 bits per heavy atom. The number of nitrogens with one attached hydrogen (secondary N) is 1. The van der Waals surface area contributed by atoms with Gasteiger partial charge < -0.3 is 5.32 Å². The van der Waals surface area contributed by atoms with Crippen LogP contribution in [0.5, 0.6) is 0 Å². The Morgan fingerprint density at radius 2 is 2.00 bits per heavy atom. The van der Waals surface area contributed by atoms with Crippen molar-refractivity contribution in [2.24, 2.45) is 5.92 Å². The van der Waals surface area contributed by atoms with Gasteiger partial charge in [-0.3, -0.25) is 14.4 Å². The Kier molecular flexibility index (Phi) is 5.68. The third-order valence-electron chi connectivity index (χ3n) is 2.59. The highest BCUT2D eigenvalue weighted by atomic mass is 32.2. The minimum Gasteiger partial charge on any atom is -0.355 e. The van der Waals surface area contributed by atoms with Crippen molar-refractivity contribution in [2.45, 2.75) is 26.2 Å². The zero-order valence-electron chi connectivity index (χ0n) is 10.3. The number of hydrogen-bond acceptors (Lipinski definition) is 5. The normalized spacial score (nSPS) is 17.1. The molecule has 1 rings (SSSR count). The topological polar surface area (TPSA) is 63.2 Å². The number of allylic oxidation sites excluding steroid dienone is 1. The highest BCUT2D eigenvalue weighted by Gasteiger charge is 2.32. The molecule has 1 fully saturated rings. The zero-order valence-corrected chi connectivity index (χ0v) is 12.0. The number of thiocarbonyl (C=S) groups is 1. The van der Waals surface area contributed by atoms with Crippen LogP contribution in [0, 0.1) is 5.92 Å². The first-order chi connectivity index (χ1) is 8.49. The Hall–Kier alpha value is -1.01. The average molecular weight is 285 g/mol. The molecule has 1 aliphatic carbocycles. The third kappa shape index (κ3) is 3.74. The fraction of sp³-hybridized carbons (Fsp3) is 0.500. The van der Waals surface area contributed by atoms with Gasteiger partial charge in [-0.1, -0.05) is 30.9 Å². The molecule has 0 saturated heterocycles. The second kappa shape index (κ2) is 6.80. The lowest BCUT2D eigenvalue weighted by Gasteiger charge is -2.08. The van der Waals surface area contributed by atoms with Gasteiger partial charge in [0.15, 0.2) is 0 Å². The smallest absolute Gasteiger partial charge is 0.257 e. The Labute approximate surface area is 116 Å². The quantitative estimate of drug-likeness (QED) is 0.483. The third-order valence-corrected chi connectivity index (χ3v) is 4.19. The second-order valence-electron chi connectivity index (χ2n) is 3.85. The van der Waals surface area contributed by atoms with Crippen molar-refractivity contribution in [2.75, 3.05) is 7.05 Å². The molecule has 6 heteroatoms. The van der Waals surface area contributed by atoms with Crippen LogP contribution in [-0.4, -0.2) is 28.7 Å². The standard InChI is InChI=1S/C12H15NO3S2/c1-3-11(17)18-10(12(16)13-2)6-7-8(14)4-5-9(7)15/h6-7H,3-5H2,1-2H3,(H,13,16)/b10-6-. The largest absolute Gasteiger partial charge is 0.355 e. The fourth-order valence-corrected chi connectivity index (χ4v) is 2.61. The Balaban J connectivity index is 2.94. The van der Waals surface area contributed by atoms with Crippen LogP contribution in [0.2, 0.25) is 0 Å². The van der Waals surface area contributed by atoms with E-state index in [0.29, 0.717) is 15.5 Å². The van der Waals surface area contributed by atoms with Gasteiger partial charge >= 0.3 is 0 Å². The second-order valence-corrected chi connectivity index (χ2v) is 5.74. The van der Waals surface area contributed by atoms with E-state index in [0.717, 1.165) is 11.8 Å². The molecule has 0 aromatic heterocycles. The SMILES string of the molecule is CCC(=S)S/C(=C\C1C(=O)CCC1=O)C(=O)NC. The minimum atomic E-state index is -0.774. The van der Waals surface area contributed by atoms with Gasteiger partial charge in [-0.2, -0.15) is 0 Å². The lowest BCUT2D eigenvalue weighted by atomic mass is 10.1. The maximum atomic E-state index is 11.7. The summed E-state index contributed by atoms with van der Waals surface area (Å²) in [6, 6.07) is 0. The lowest BCUT2D eigenvalue weighted by molar-refractivity contribution is -0.125. The predicted octanol–water partition coefficient (Wildman–Crippen LogP) is 1.64. The number of amides is 1. The van der Waals surface area contributed by atoms with Gasteiger partial charge in [-0.15, -0.1) is 0 Å². The van der Waals surface area contributed by atoms with Crippen LogP contribution < -0.4 is 5.32 Å². The van der Waals surface area contributed by atoms with Crippen LogP contribution in [0.15, 0.2) is 11.0 Å². The van der Waals surface area contributed by atoms with Crippen LogP contribution in [0.1, 0.15) is 26.2 Å². The summed E-state index contributed by atoms with van der Waals surface area (Å²) in [5, 5.41) is 2.49. The molecule has 0 unspecified atom stereocenters. The molecule has 18 heavy (non-hydrogen) atoms. The summed E-state index contributed by atoms with van der Waals surface area (Å²) in [4.78, 5) is 35.1. The van der Waals surface area contributed by atoms with Gasteiger partial charge in [0.25, 0.3) is 5.91 Å². The number of rotatable bonds is 4. The first-order valence-corrected chi connectivity index (χ1v) is 6.92. The zero-order chi connectivity index (χ0) is 13.7. The first-order valence-electron chi connectivity index (χ1n) is 5.69. The number of ketones is 2.